The number of carbonyl (C=O) groups excluding carboxylic acids is 2. The number of benzene rings is 1. The summed E-state index contributed by atoms with van der Waals surface area (Å²) in [6, 6.07) is 8.23. The van der Waals surface area contributed by atoms with Gasteiger partial charge in [0.05, 0.1) is 6.61 Å². The van der Waals surface area contributed by atoms with E-state index in [9.17, 15) is 9.59 Å². The second kappa shape index (κ2) is 10.4. The Morgan fingerprint density at radius 3 is 2.52 bits per heavy atom. The molecule has 0 aliphatic rings. The number of rotatable bonds is 9. The first-order chi connectivity index (χ1) is 10.1. The largest absolute Gasteiger partial charge is 0.466 e. The minimum atomic E-state index is -0.159. The van der Waals surface area contributed by atoms with Crippen molar-refractivity contribution in [3.05, 3.63) is 34.3 Å². The molecule has 0 aliphatic carbocycles. The van der Waals surface area contributed by atoms with Gasteiger partial charge in [-0.05, 0) is 43.4 Å². The van der Waals surface area contributed by atoms with Gasteiger partial charge in [0.15, 0.2) is 0 Å². The zero-order chi connectivity index (χ0) is 15.5. The lowest BCUT2D eigenvalue weighted by atomic mass is 10.1. The van der Waals surface area contributed by atoms with E-state index >= 15 is 0 Å². The monoisotopic (exact) mass is 355 g/mol. The van der Waals surface area contributed by atoms with E-state index < -0.39 is 0 Å². The minimum absolute atomic E-state index is 0.0609. The topological polar surface area (TPSA) is 55.4 Å². The molecule has 0 aliphatic heterocycles. The molecule has 0 atom stereocenters. The number of halogens is 1. The smallest absolute Gasteiger partial charge is 0.305 e. The molecule has 5 heteroatoms. The third kappa shape index (κ3) is 9.24. The lowest BCUT2D eigenvalue weighted by molar-refractivity contribution is -0.143. The van der Waals surface area contributed by atoms with Crippen molar-refractivity contribution in [2.45, 2.75) is 39.0 Å². The van der Waals surface area contributed by atoms with Crippen LogP contribution in [0.2, 0.25) is 0 Å². The van der Waals surface area contributed by atoms with Gasteiger partial charge in [0.1, 0.15) is 0 Å². The van der Waals surface area contributed by atoms with Gasteiger partial charge in [-0.15, -0.1) is 0 Å². The molecule has 1 aromatic carbocycles. The highest BCUT2D eigenvalue weighted by molar-refractivity contribution is 9.10. The molecular formula is C16H22BrNO3. The number of aryl methyl sites for hydroxylation is 1. The van der Waals surface area contributed by atoms with E-state index in [2.05, 4.69) is 33.4 Å². The fraction of sp³-hybridized carbons (Fsp3) is 0.500. The van der Waals surface area contributed by atoms with Crippen LogP contribution in [0, 0.1) is 0 Å². The molecule has 21 heavy (non-hydrogen) atoms. The second-order valence-corrected chi connectivity index (χ2v) is 5.81. The molecule has 0 bridgehead atoms. The average molecular weight is 356 g/mol. The predicted molar refractivity (Wildman–Crippen MR) is 86.0 cm³/mol. The Morgan fingerprint density at radius 2 is 1.86 bits per heavy atom. The summed E-state index contributed by atoms with van der Waals surface area (Å²) in [5.41, 5.74) is 1.28. The van der Waals surface area contributed by atoms with Crippen molar-refractivity contribution in [2.24, 2.45) is 0 Å². The summed E-state index contributed by atoms with van der Waals surface area (Å²) in [6.07, 6.45) is 3.90. The quantitative estimate of drug-likeness (QED) is 0.546. The van der Waals surface area contributed by atoms with E-state index in [4.69, 9.17) is 4.74 Å². The Kier molecular flexibility index (Phi) is 8.74. The molecule has 4 nitrogen and oxygen atoms in total. The van der Waals surface area contributed by atoms with Gasteiger partial charge in [-0.3, -0.25) is 9.59 Å². The molecule has 116 valence electrons. The van der Waals surface area contributed by atoms with Crippen LogP contribution in [0.25, 0.3) is 0 Å². The van der Waals surface area contributed by atoms with Crippen LogP contribution < -0.4 is 5.32 Å². The number of amides is 1. The number of hydrogen-bond acceptors (Lipinski definition) is 3. The van der Waals surface area contributed by atoms with E-state index in [-0.39, 0.29) is 11.9 Å². The first-order valence-corrected chi connectivity index (χ1v) is 8.02. The zero-order valence-corrected chi connectivity index (χ0v) is 13.9. The van der Waals surface area contributed by atoms with Crippen LogP contribution in [-0.4, -0.2) is 25.0 Å². The number of unbranched alkanes of at least 4 members (excludes halogenated alkanes) is 1. The fourth-order valence-corrected chi connectivity index (χ4v) is 2.11. The van der Waals surface area contributed by atoms with Gasteiger partial charge in [-0.25, -0.2) is 0 Å². The molecule has 0 spiro atoms. The molecule has 0 radical (unpaired) electrons. The number of hydrogen-bond donors (Lipinski definition) is 1. The van der Waals surface area contributed by atoms with Crippen LogP contribution in [0.1, 0.15) is 38.2 Å². The first kappa shape index (κ1) is 17.7. The third-order valence-corrected chi connectivity index (χ3v) is 3.50. The van der Waals surface area contributed by atoms with Crippen LogP contribution in [-0.2, 0) is 20.7 Å². The van der Waals surface area contributed by atoms with Gasteiger partial charge in [-0.1, -0.05) is 28.1 Å². The Labute approximate surface area is 134 Å². The van der Waals surface area contributed by atoms with Gasteiger partial charge in [0.2, 0.25) is 5.91 Å². The van der Waals surface area contributed by atoms with Crippen LogP contribution in [0.5, 0.6) is 0 Å². The molecular weight excluding hydrogens is 334 g/mol. The molecule has 0 fully saturated rings. The standard InChI is InChI=1S/C16H22BrNO3/c1-13(19)18-11-4-12-21-16(20)6-3-2-5-14-7-9-15(17)10-8-14/h7-10H,2-6,11-12H2,1H3,(H,18,19). The minimum Gasteiger partial charge on any atom is -0.466 e. The van der Waals surface area contributed by atoms with Crippen molar-refractivity contribution >= 4 is 27.8 Å². The molecule has 1 aromatic rings. The number of carbonyl (C=O) groups is 2. The van der Waals surface area contributed by atoms with Gasteiger partial charge in [-0.2, -0.15) is 0 Å². The highest BCUT2D eigenvalue weighted by atomic mass is 79.9. The molecule has 1 N–H and O–H groups in total. The summed E-state index contributed by atoms with van der Waals surface area (Å²) in [7, 11) is 0. The number of ether oxygens (including phenoxy) is 1. The molecule has 0 saturated heterocycles. The molecule has 0 aromatic heterocycles. The van der Waals surface area contributed by atoms with E-state index in [0.29, 0.717) is 26.0 Å². The van der Waals surface area contributed by atoms with E-state index in [1.807, 2.05) is 12.1 Å². The highest BCUT2D eigenvalue weighted by Gasteiger charge is 2.03. The lowest BCUT2D eigenvalue weighted by Crippen LogP contribution is -2.22. The highest BCUT2D eigenvalue weighted by Crippen LogP contribution is 2.13. The third-order valence-electron chi connectivity index (χ3n) is 2.97. The lowest BCUT2D eigenvalue weighted by Gasteiger charge is -2.05. The molecule has 0 heterocycles. The molecule has 0 unspecified atom stereocenters. The Balaban J connectivity index is 2.00. The van der Waals surface area contributed by atoms with Crippen LogP contribution in [0.15, 0.2) is 28.7 Å². The second-order valence-electron chi connectivity index (χ2n) is 4.89. The SMILES string of the molecule is CC(=O)NCCCOC(=O)CCCCc1ccc(Br)cc1. The summed E-state index contributed by atoms with van der Waals surface area (Å²) in [4.78, 5) is 22.1. The van der Waals surface area contributed by atoms with Crippen molar-refractivity contribution in [3.8, 4) is 0 Å². The average Bonchev–Trinajstić information content (AvgIpc) is 2.45. The fourth-order valence-electron chi connectivity index (χ4n) is 1.84. The number of nitrogens with one attached hydrogen (secondary N) is 1. The van der Waals surface area contributed by atoms with Gasteiger partial charge in [0, 0.05) is 24.4 Å². The maximum Gasteiger partial charge on any atom is 0.305 e. The maximum atomic E-state index is 11.5. The Hall–Kier alpha value is -1.36. The van der Waals surface area contributed by atoms with Crippen molar-refractivity contribution < 1.29 is 14.3 Å². The van der Waals surface area contributed by atoms with Gasteiger partial charge < -0.3 is 10.1 Å². The van der Waals surface area contributed by atoms with Crippen molar-refractivity contribution in [1.82, 2.24) is 5.32 Å². The van der Waals surface area contributed by atoms with Crippen LogP contribution in [0.4, 0.5) is 0 Å². The van der Waals surface area contributed by atoms with E-state index in [1.165, 1.54) is 12.5 Å². The van der Waals surface area contributed by atoms with Crippen molar-refractivity contribution in [2.75, 3.05) is 13.2 Å². The van der Waals surface area contributed by atoms with Gasteiger partial charge >= 0.3 is 5.97 Å². The summed E-state index contributed by atoms with van der Waals surface area (Å²) in [5.74, 6) is -0.220. The summed E-state index contributed by atoms with van der Waals surface area (Å²) < 4.78 is 6.17. The predicted octanol–water partition coefficient (Wildman–Crippen LogP) is 3.23. The summed E-state index contributed by atoms with van der Waals surface area (Å²) >= 11 is 3.40. The zero-order valence-electron chi connectivity index (χ0n) is 12.4. The Morgan fingerprint density at radius 1 is 1.14 bits per heavy atom. The Bertz CT molecular complexity index is 445. The molecule has 1 rings (SSSR count). The van der Waals surface area contributed by atoms with E-state index in [0.717, 1.165) is 23.7 Å². The van der Waals surface area contributed by atoms with Crippen LogP contribution >= 0.6 is 15.9 Å². The van der Waals surface area contributed by atoms with Crippen molar-refractivity contribution in [1.29, 1.82) is 0 Å². The van der Waals surface area contributed by atoms with Gasteiger partial charge in [0.25, 0.3) is 0 Å². The molecule has 0 saturated carbocycles. The number of esters is 1. The summed E-state index contributed by atoms with van der Waals surface area (Å²) in [6.45, 7) is 2.38. The van der Waals surface area contributed by atoms with Crippen LogP contribution in [0.3, 0.4) is 0 Å². The first-order valence-electron chi connectivity index (χ1n) is 7.22. The normalized spacial score (nSPS) is 10.2. The van der Waals surface area contributed by atoms with Crippen molar-refractivity contribution in [3.63, 3.8) is 0 Å². The summed E-state index contributed by atoms with van der Waals surface area (Å²) in [5, 5.41) is 2.66. The van der Waals surface area contributed by atoms with E-state index in [1.54, 1.807) is 0 Å². The molecule has 1 amide bonds. The maximum absolute atomic E-state index is 11.5.